The Morgan fingerprint density at radius 2 is 2.04 bits per heavy atom. The van der Waals surface area contributed by atoms with Crippen molar-refractivity contribution in [2.75, 3.05) is 26.9 Å². The van der Waals surface area contributed by atoms with E-state index in [4.69, 9.17) is 26.8 Å². The summed E-state index contributed by atoms with van der Waals surface area (Å²) in [5.41, 5.74) is 5.80. The fourth-order valence-corrected chi connectivity index (χ4v) is 4.35. The number of benzene rings is 1. The maximum absolute atomic E-state index is 13.2. The van der Waals surface area contributed by atoms with Crippen LogP contribution < -0.4 is 10.5 Å². The first-order valence-electron chi connectivity index (χ1n) is 8.50. The van der Waals surface area contributed by atoms with Crippen LogP contribution >= 0.6 is 11.6 Å². The Bertz CT molecular complexity index is 668. The Morgan fingerprint density at radius 3 is 2.68 bits per heavy atom. The zero-order valence-electron chi connectivity index (χ0n) is 14.3. The van der Waals surface area contributed by atoms with Gasteiger partial charge in [-0.25, -0.2) is 0 Å². The maximum atomic E-state index is 13.2. The third kappa shape index (κ3) is 3.33. The quantitative estimate of drug-likeness (QED) is 0.889. The molecular formula is C18H23ClN2O4. The average molecular weight is 367 g/mol. The molecule has 7 heteroatoms. The van der Waals surface area contributed by atoms with E-state index in [1.165, 1.54) is 7.11 Å². The van der Waals surface area contributed by atoms with Crippen LogP contribution in [0.1, 0.15) is 36.0 Å². The van der Waals surface area contributed by atoms with Gasteiger partial charge in [-0.2, -0.15) is 0 Å². The molecule has 0 aliphatic carbocycles. The monoisotopic (exact) mass is 366 g/mol. The van der Waals surface area contributed by atoms with E-state index in [2.05, 4.69) is 0 Å². The van der Waals surface area contributed by atoms with Crippen LogP contribution in [0.2, 0.25) is 5.02 Å². The molecule has 1 unspecified atom stereocenters. The van der Waals surface area contributed by atoms with Crippen LogP contribution in [0.15, 0.2) is 18.2 Å². The molecule has 2 saturated heterocycles. The van der Waals surface area contributed by atoms with E-state index >= 15 is 0 Å². The number of primary amides is 1. The van der Waals surface area contributed by atoms with Gasteiger partial charge in [0.15, 0.2) is 0 Å². The van der Waals surface area contributed by atoms with Gasteiger partial charge in [-0.3, -0.25) is 9.59 Å². The number of carbonyl (C=O) groups excluding carboxylic acids is 2. The number of methoxy groups -OCH3 is 1. The molecule has 2 amide bonds. The van der Waals surface area contributed by atoms with Crippen molar-refractivity contribution >= 4 is 23.4 Å². The summed E-state index contributed by atoms with van der Waals surface area (Å²) >= 11 is 6.06. The first kappa shape index (κ1) is 18.0. The van der Waals surface area contributed by atoms with E-state index in [0.717, 1.165) is 25.7 Å². The molecule has 2 fully saturated rings. The second-order valence-electron chi connectivity index (χ2n) is 6.73. The van der Waals surface area contributed by atoms with Gasteiger partial charge in [0.2, 0.25) is 5.91 Å². The molecular weight excluding hydrogens is 344 g/mol. The van der Waals surface area contributed by atoms with Crippen LogP contribution in [-0.4, -0.2) is 49.6 Å². The highest BCUT2D eigenvalue weighted by molar-refractivity contribution is 6.31. The van der Waals surface area contributed by atoms with Gasteiger partial charge < -0.3 is 20.1 Å². The van der Waals surface area contributed by atoms with Crippen molar-refractivity contribution < 1.29 is 19.1 Å². The van der Waals surface area contributed by atoms with Crippen LogP contribution in [0.3, 0.4) is 0 Å². The van der Waals surface area contributed by atoms with Crippen LogP contribution in [-0.2, 0) is 9.53 Å². The summed E-state index contributed by atoms with van der Waals surface area (Å²) in [5.74, 6) is -0.297. The summed E-state index contributed by atoms with van der Waals surface area (Å²) in [6.45, 7) is 1.67. The largest absolute Gasteiger partial charge is 0.496 e. The van der Waals surface area contributed by atoms with E-state index in [1.807, 2.05) is 0 Å². The molecule has 1 aromatic carbocycles. The number of carbonyl (C=O) groups is 2. The van der Waals surface area contributed by atoms with Gasteiger partial charge in [0.05, 0.1) is 12.7 Å². The summed E-state index contributed by atoms with van der Waals surface area (Å²) in [6.07, 6.45) is 3.17. The summed E-state index contributed by atoms with van der Waals surface area (Å²) in [5, 5.41) is 0.442. The topological polar surface area (TPSA) is 81.9 Å². The number of likely N-dealkylation sites (tertiary alicyclic amines) is 1. The van der Waals surface area contributed by atoms with Crippen LogP contribution in [0.25, 0.3) is 0 Å². The van der Waals surface area contributed by atoms with Crippen LogP contribution in [0, 0.1) is 5.41 Å². The summed E-state index contributed by atoms with van der Waals surface area (Å²) < 4.78 is 10.8. The molecule has 2 heterocycles. The number of nitrogens with two attached hydrogens (primary N) is 1. The molecule has 0 bridgehead atoms. The molecule has 0 radical (unpaired) electrons. The third-order valence-electron chi connectivity index (χ3n) is 5.38. The Balaban J connectivity index is 1.98. The molecule has 3 rings (SSSR count). The Labute approximate surface area is 152 Å². The van der Waals surface area contributed by atoms with Crippen molar-refractivity contribution in [2.45, 2.75) is 31.7 Å². The average Bonchev–Trinajstić information content (AvgIpc) is 2.61. The highest BCUT2D eigenvalue weighted by Gasteiger charge is 2.50. The molecule has 2 aliphatic heterocycles. The third-order valence-corrected chi connectivity index (χ3v) is 5.61. The molecule has 1 spiro atoms. The number of ether oxygens (including phenoxy) is 2. The van der Waals surface area contributed by atoms with Gasteiger partial charge in [-0.15, -0.1) is 0 Å². The van der Waals surface area contributed by atoms with E-state index in [-0.39, 0.29) is 11.3 Å². The fourth-order valence-electron chi connectivity index (χ4n) is 4.18. The zero-order chi connectivity index (χ0) is 18.0. The smallest absolute Gasteiger partial charge is 0.258 e. The van der Waals surface area contributed by atoms with Crippen molar-refractivity contribution in [1.82, 2.24) is 4.90 Å². The molecule has 1 aromatic rings. The lowest BCUT2D eigenvalue weighted by atomic mass is 9.67. The minimum Gasteiger partial charge on any atom is -0.496 e. The number of hydrogen-bond acceptors (Lipinski definition) is 4. The molecule has 2 N–H and O–H groups in total. The zero-order valence-corrected chi connectivity index (χ0v) is 15.1. The van der Waals surface area contributed by atoms with Gasteiger partial charge >= 0.3 is 0 Å². The summed E-state index contributed by atoms with van der Waals surface area (Å²) in [4.78, 5) is 27.1. The van der Waals surface area contributed by atoms with Crippen molar-refractivity contribution in [3.8, 4) is 5.75 Å². The lowest BCUT2D eigenvalue weighted by Gasteiger charge is -2.50. The lowest BCUT2D eigenvalue weighted by molar-refractivity contribution is -0.134. The second-order valence-corrected chi connectivity index (χ2v) is 7.16. The van der Waals surface area contributed by atoms with Gasteiger partial charge in [-0.1, -0.05) is 11.6 Å². The number of rotatable bonds is 3. The summed E-state index contributed by atoms with van der Waals surface area (Å²) in [7, 11) is 1.50. The molecule has 2 aliphatic rings. The van der Waals surface area contributed by atoms with Crippen molar-refractivity contribution in [1.29, 1.82) is 0 Å². The SMILES string of the molecule is COc1ccc(Cl)cc1C(=O)N1CCCC2(CCOCC2)C1C(N)=O. The van der Waals surface area contributed by atoms with Gasteiger partial charge in [0.1, 0.15) is 11.8 Å². The second kappa shape index (κ2) is 7.22. The van der Waals surface area contributed by atoms with Crippen LogP contribution in [0.5, 0.6) is 5.75 Å². The van der Waals surface area contributed by atoms with E-state index in [0.29, 0.717) is 36.1 Å². The Kier molecular flexibility index (Phi) is 5.20. The van der Waals surface area contributed by atoms with E-state index in [1.54, 1.807) is 23.1 Å². The lowest BCUT2D eigenvalue weighted by Crippen LogP contribution is -2.61. The maximum Gasteiger partial charge on any atom is 0.258 e. The number of piperidine rings is 1. The standard InChI is InChI=1S/C18H23ClN2O4/c1-24-14-4-3-12(19)11-13(14)17(23)21-8-2-5-18(15(21)16(20)22)6-9-25-10-7-18/h3-4,11,15H,2,5-10H2,1H3,(H2,20,22). The van der Waals surface area contributed by atoms with Crippen LogP contribution in [0.4, 0.5) is 0 Å². The number of hydrogen-bond donors (Lipinski definition) is 1. The summed E-state index contributed by atoms with van der Waals surface area (Å²) in [6, 6.07) is 4.26. The molecule has 136 valence electrons. The number of halogens is 1. The Hall–Kier alpha value is -1.79. The highest BCUT2D eigenvalue weighted by atomic mass is 35.5. The van der Waals surface area contributed by atoms with Crippen molar-refractivity contribution in [3.05, 3.63) is 28.8 Å². The van der Waals surface area contributed by atoms with Gasteiger partial charge in [-0.05, 0) is 43.9 Å². The van der Waals surface area contributed by atoms with E-state index < -0.39 is 11.9 Å². The van der Waals surface area contributed by atoms with Crippen molar-refractivity contribution in [3.63, 3.8) is 0 Å². The number of nitrogens with zero attached hydrogens (tertiary/aromatic N) is 1. The Morgan fingerprint density at radius 1 is 1.32 bits per heavy atom. The molecule has 6 nitrogen and oxygen atoms in total. The minimum absolute atomic E-state index is 0.270. The number of amides is 2. The molecule has 0 aromatic heterocycles. The first-order valence-corrected chi connectivity index (χ1v) is 8.88. The van der Waals surface area contributed by atoms with Gasteiger partial charge in [0.25, 0.3) is 5.91 Å². The van der Waals surface area contributed by atoms with Gasteiger partial charge in [0, 0.05) is 30.2 Å². The minimum atomic E-state index is -0.638. The highest BCUT2D eigenvalue weighted by Crippen LogP contribution is 2.44. The molecule has 0 saturated carbocycles. The van der Waals surface area contributed by atoms with Crippen molar-refractivity contribution in [2.24, 2.45) is 11.1 Å². The first-order chi connectivity index (χ1) is 12.0. The fraction of sp³-hybridized carbons (Fsp3) is 0.556. The predicted octanol–water partition coefficient (Wildman–Crippen LogP) is 2.24. The van der Waals surface area contributed by atoms with E-state index in [9.17, 15) is 9.59 Å². The molecule has 1 atom stereocenters. The predicted molar refractivity (Wildman–Crippen MR) is 93.7 cm³/mol. The molecule has 25 heavy (non-hydrogen) atoms. The normalized spacial score (nSPS) is 22.6.